The molecule has 1 saturated heterocycles. The lowest BCUT2D eigenvalue weighted by atomic mass is 9.98. The molecule has 2 fully saturated rings. The van der Waals surface area contributed by atoms with Crippen molar-refractivity contribution in [2.45, 2.75) is 25.2 Å². The molecule has 0 aromatic carbocycles. The maximum atomic E-state index is 12.2. The quantitative estimate of drug-likeness (QED) is 0.912. The summed E-state index contributed by atoms with van der Waals surface area (Å²) in [4.78, 5) is 29.2. The van der Waals surface area contributed by atoms with Gasteiger partial charge in [-0.3, -0.25) is 9.59 Å². The van der Waals surface area contributed by atoms with E-state index in [9.17, 15) is 9.59 Å². The summed E-state index contributed by atoms with van der Waals surface area (Å²) in [7, 11) is 0. The maximum Gasteiger partial charge on any atom is 0.307 e. The van der Waals surface area contributed by atoms with Crippen LogP contribution in [0.3, 0.4) is 0 Å². The van der Waals surface area contributed by atoms with Gasteiger partial charge in [-0.1, -0.05) is 0 Å². The maximum absolute atomic E-state index is 12.2. The summed E-state index contributed by atoms with van der Waals surface area (Å²) in [5, 5.41) is 11.9. The van der Waals surface area contributed by atoms with Crippen LogP contribution in [0.4, 0.5) is 0 Å². The molecule has 1 aliphatic carbocycles. The third-order valence-electron chi connectivity index (χ3n) is 3.96. The van der Waals surface area contributed by atoms with Crippen molar-refractivity contribution in [3.63, 3.8) is 0 Å². The highest BCUT2D eigenvalue weighted by atomic mass is 32.1. The third-order valence-corrected chi connectivity index (χ3v) is 4.90. The fourth-order valence-corrected chi connectivity index (χ4v) is 3.56. The van der Waals surface area contributed by atoms with Crippen molar-refractivity contribution in [3.8, 4) is 0 Å². The van der Waals surface area contributed by atoms with Gasteiger partial charge >= 0.3 is 5.97 Å². The number of nitrogens with zero attached hydrogens (tertiary/aromatic N) is 2. The van der Waals surface area contributed by atoms with E-state index in [0.29, 0.717) is 18.9 Å². The van der Waals surface area contributed by atoms with Crippen LogP contribution in [-0.4, -0.2) is 40.0 Å². The average Bonchev–Trinajstić information content (AvgIpc) is 3.04. The number of amides is 1. The fraction of sp³-hybridized carbons (Fsp3) is 0.615. The van der Waals surface area contributed by atoms with Crippen molar-refractivity contribution in [1.82, 2.24) is 9.88 Å². The number of likely N-dealkylation sites (tertiary alicyclic amines) is 1. The van der Waals surface area contributed by atoms with Crippen LogP contribution in [0.2, 0.25) is 0 Å². The first-order valence-electron chi connectivity index (χ1n) is 6.58. The van der Waals surface area contributed by atoms with Crippen molar-refractivity contribution < 1.29 is 14.7 Å². The number of carbonyl (C=O) groups is 2. The van der Waals surface area contributed by atoms with Crippen LogP contribution < -0.4 is 0 Å². The molecule has 0 unspecified atom stereocenters. The van der Waals surface area contributed by atoms with Gasteiger partial charge in [-0.2, -0.15) is 0 Å². The van der Waals surface area contributed by atoms with Crippen LogP contribution in [-0.2, 0) is 9.59 Å². The van der Waals surface area contributed by atoms with Crippen molar-refractivity contribution in [1.29, 1.82) is 0 Å². The Morgan fingerprint density at radius 3 is 2.89 bits per heavy atom. The number of carboxylic acids is 1. The molecule has 1 amide bonds. The monoisotopic (exact) mass is 280 g/mol. The lowest BCUT2D eigenvalue weighted by Gasteiger charge is -2.32. The number of aromatic nitrogens is 1. The van der Waals surface area contributed by atoms with Crippen molar-refractivity contribution in [2.24, 2.45) is 11.8 Å². The van der Waals surface area contributed by atoms with Gasteiger partial charge in [0.15, 0.2) is 0 Å². The van der Waals surface area contributed by atoms with Gasteiger partial charge in [0.05, 0.1) is 16.8 Å². The molecule has 0 radical (unpaired) electrons. The van der Waals surface area contributed by atoms with Crippen molar-refractivity contribution >= 4 is 23.2 Å². The zero-order chi connectivity index (χ0) is 13.4. The van der Waals surface area contributed by atoms with Crippen molar-refractivity contribution in [3.05, 3.63) is 16.6 Å². The highest BCUT2D eigenvalue weighted by Crippen LogP contribution is 2.41. The van der Waals surface area contributed by atoms with E-state index in [1.54, 1.807) is 17.5 Å². The number of carbonyl (C=O) groups excluding carboxylic acids is 1. The Kier molecular flexibility index (Phi) is 3.26. The van der Waals surface area contributed by atoms with Gasteiger partial charge in [0.25, 0.3) is 0 Å². The number of carboxylic acid groups (broad SMARTS) is 1. The third kappa shape index (κ3) is 2.49. The van der Waals surface area contributed by atoms with Gasteiger partial charge in [-0.05, 0) is 19.3 Å². The van der Waals surface area contributed by atoms with Gasteiger partial charge in [-0.15, -0.1) is 11.3 Å². The van der Waals surface area contributed by atoms with Crippen LogP contribution in [0.1, 0.15) is 30.2 Å². The number of thiazole rings is 1. The fourth-order valence-electron chi connectivity index (χ4n) is 2.79. The number of piperidine rings is 1. The largest absolute Gasteiger partial charge is 0.481 e. The summed E-state index contributed by atoms with van der Waals surface area (Å²) in [6, 6.07) is 0. The smallest absolute Gasteiger partial charge is 0.307 e. The van der Waals surface area contributed by atoms with E-state index in [0.717, 1.165) is 24.4 Å². The number of aliphatic carboxylic acids is 1. The number of rotatable bonds is 3. The van der Waals surface area contributed by atoms with Gasteiger partial charge in [0.1, 0.15) is 0 Å². The molecule has 0 spiro atoms. The van der Waals surface area contributed by atoms with E-state index in [2.05, 4.69) is 4.98 Å². The standard InChI is InChI=1S/C13H16N2O3S/c16-12(9-6-10(9)13(17)18)15-4-1-2-8(7-15)11-14-3-5-19-11/h3,5,8-10H,1-2,4,6-7H2,(H,17,18)/t8-,9+,10-/m1/s1. The Labute approximate surface area is 115 Å². The number of hydrogen-bond donors (Lipinski definition) is 1. The molecule has 102 valence electrons. The minimum Gasteiger partial charge on any atom is -0.481 e. The van der Waals surface area contributed by atoms with E-state index in [1.165, 1.54) is 0 Å². The lowest BCUT2D eigenvalue weighted by Crippen LogP contribution is -2.40. The molecular formula is C13H16N2O3S. The molecule has 1 aromatic heterocycles. The molecule has 3 atom stereocenters. The molecule has 0 bridgehead atoms. The second-order valence-electron chi connectivity index (χ2n) is 5.28. The summed E-state index contributed by atoms with van der Waals surface area (Å²) >= 11 is 1.63. The lowest BCUT2D eigenvalue weighted by molar-refractivity contribution is -0.142. The van der Waals surface area contributed by atoms with Crippen LogP contribution in [0.15, 0.2) is 11.6 Å². The van der Waals surface area contributed by atoms with Crippen LogP contribution in [0, 0.1) is 11.8 Å². The molecule has 3 rings (SSSR count). The Morgan fingerprint density at radius 2 is 2.26 bits per heavy atom. The first-order valence-corrected chi connectivity index (χ1v) is 7.45. The summed E-state index contributed by atoms with van der Waals surface area (Å²) in [6.45, 7) is 1.44. The topological polar surface area (TPSA) is 70.5 Å². The molecule has 1 N–H and O–H groups in total. The molecule has 19 heavy (non-hydrogen) atoms. The average molecular weight is 280 g/mol. The predicted octanol–water partition coefficient (Wildman–Crippen LogP) is 1.57. The molecule has 6 heteroatoms. The van der Waals surface area contributed by atoms with E-state index in [-0.39, 0.29) is 11.8 Å². The van der Waals surface area contributed by atoms with Gasteiger partial charge < -0.3 is 10.0 Å². The normalized spacial score (nSPS) is 30.1. The van der Waals surface area contributed by atoms with E-state index >= 15 is 0 Å². The zero-order valence-electron chi connectivity index (χ0n) is 10.5. The summed E-state index contributed by atoms with van der Waals surface area (Å²) in [5.41, 5.74) is 0. The summed E-state index contributed by atoms with van der Waals surface area (Å²) < 4.78 is 0. The SMILES string of the molecule is O=C(O)[C@@H]1C[C@@H]1C(=O)N1CCC[C@@H](c2nccs2)C1. The van der Waals surface area contributed by atoms with E-state index < -0.39 is 11.9 Å². The van der Waals surface area contributed by atoms with Gasteiger partial charge in [-0.25, -0.2) is 4.98 Å². The predicted molar refractivity (Wildman–Crippen MR) is 69.9 cm³/mol. The molecule has 1 aromatic rings. The highest BCUT2D eigenvalue weighted by Gasteiger charge is 2.50. The highest BCUT2D eigenvalue weighted by molar-refractivity contribution is 7.09. The minimum atomic E-state index is -0.841. The van der Waals surface area contributed by atoms with E-state index in [4.69, 9.17) is 5.11 Å². The zero-order valence-corrected chi connectivity index (χ0v) is 11.3. The molecular weight excluding hydrogens is 264 g/mol. The molecule has 5 nitrogen and oxygen atoms in total. The van der Waals surface area contributed by atoms with Gasteiger partial charge in [0.2, 0.25) is 5.91 Å². The van der Waals surface area contributed by atoms with E-state index in [1.807, 2.05) is 10.3 Å². The van der Waals surface area contributed by atoms with Crippen LogP contribution in [0.5, 0.6) is 0 Å². The Bertz CT molecular complexity index is 488. The molecule has 1 saturated carbocycles. The summed E-state index contributed by atoms with van der Waals surface area (Å²) in [5.74, 6) is -1.24. The molecule has 2 heterocycles. The van der Waals surface area contributed by atoms with Crippen LogP contribution in [0.25, 0.3) is 0 Å². The Balaban J connectivity index is 1.63. The van der Waals surface area contributed by atoms with Crippen LogP contribution >= 0.6 is 11.3 Å². The molecule has 1 aliphatic heterocycles. The van der Waals surface area contributed by atoms with Gasteiger partial charge in [0, 0.05) is 30.6 Å². The molecule has 2 aliphatic rings. The van der Waals surface area contributed by atoms with Crippen molar-refractivity contribution in [2.75, 3.05) is 13.1 Å². The number of hydrogen-bond acceptors (Lipinski definition) is 4. The summed E-state index contributed by atoms with van der Waals surface area (Å²) in [6.07, 6.45) is 4.33. The first-order chi connectivity index (χ1) is 9.16. The first kappa shape index (κ1) is 12.6. The Morgan fingerprint density at radius 1 is 1.42 bits per heavy atom. The second kappa shape index (κ2) is 4.92. The minimum absolute atomic E-state index is 0.0219. The Hall–Kier alpha value is -1.43. The second-order valence-corrected chi connectivity index (χ2v) is 6.21.